The summed E-state index contributed by atoms with van der Waals surface area (Å²) in [4.78, 5) is 26.2. The highest BCUT2D eigenvalue weighted by Gasteiger charge is 2.61. The van der Waals surface area contributed by atoms with E-state index in [0.717, 1.165) is 12.2 Å². The van der Waals surface area contributed by atoms with Crippen molar-refractivity contribution in [2.24, 2.45) is 0 Å². The van der Waals surface area contributed by atoms with E-state index in [1.54, 1.807) is 0 Å². The number of phenolic OH excluding ortho intramolecular Hbond substituents is 1. The molecule has 65 heavy (non-hydrogen) atoms. The Morgan fingerprint density at radius 3 is 1.68 bits per heavy atom. The lowest BCUT2D eigenvalue weighted by molar-refractivity contribution is -0.408. The summed E-state index contributed by atoms with van der Waals surface area (Å²) in [5.41, 5.74) is 0.692. The number of esters is 2. The molecule has 5 rings (SSSR count). The standard InChI is InChI=1S/C41H54O24/c1-54-20-10-18(11-21(55-2)29(20)47)6-8-27(45)59-16-26-31(49)34(52)37(63-39-35(53)33(51)30(48)24(14-42)60-39)40(61-26)65-41(17-44)38(32(50)25(15-43)64-41)62-28(46)9-7-19-12-22(56-3)36(58-5)23(13-19)57-4/h6-13,24-26,30-35,37-40,42-44,47-53H,14-17H2,1-5H3/t24-,25-,26-,30-,31-,32-,33+,34+,35-,37-,38+,39+,40-,41+/m1/s1. The zero-order chi connectivity index (χ0) is 47.7. The summed E-state index contributed by atoms with van der Waals surface area (Å²) in [6, 6.07) is 5.79. The largest absolute Gasteiger partial charge is 0.502 e. The number of rotatable bonds is 19. The second-order valence-corrected chi connectivity index (χ2v) is 14.6. The molecule has 0 aromatic heterocycles. The minimum absolute atomic E-state index is 0.0328. The average molecular weight is 931 g/mol. The van der Waals surface area contributed by atoms with Crippen molar-refractivity contribution in [3.05, 3.63) is 47.5 Å². The fraction of sp³-hybridized carbons (Fsp3) is 0.561. The fourth-order valence-electron chi connectivity index (χ4n) is 7.14. The molecule has 0 unspecified atom stereocenters. The topological polar surface area (TPSA) is 347 Å². The van der Waals surface area contributed by atoms with Crippen molar-refractivity contribution in [2.75, 3.05) is 62.0 Å². The third-order valence-corrected chi connectivity index (χ3v) is 10.6. The predicted octanol–water partition coefficient (Wildman–Crippen LogP) is -3.29. The van der Waals surface area contributed by atoms with E-state index in [2.05, 4.69) is 0 Å². The summed E-state index contributed by atoms with van der Waals surface area (Å²) < 4.78 is 65.9. The third kappa shape index (κ3) is 11.2. The number of carbonyl (C=O) groups is 2. The molecular weight excluding hydrogens is 876 g/mol. The van der Waals surface area contributed by atoms with E-state index in [1.807, 2.05) is 0 Å². The fourth-order valence-corrected chi connectivity index (χ4v) is 7.14. The second-order valence-electron chi connectivity index (χ2n) is 14.6. The van der Waals surface area contributed by atoms with Crippen LogP contribution in [0.3, 0.4) is 0 Å². The van der Waals surface area contributed by atoms with Crippen LogP contribution in [0.1, 0.15) is 11.1 Å². The molecule has 0 spiro atoms. The van der Waals surface area contributed by atoms with Gasteiger partial charge in [0.25, 0.3) is 0 Å². The van der Waals surface area contributed by atoms with Gasteiger partial charge in [0.1, 0.15) is 74.3 Å². The number of benzene rings is 2. The van der Waals surface area contributed by atoms with Crippen LogP contribution < -0.4 is 23.7 Å². The maximum Gasteiger partial charge on any atom is 0.331 e. The molecule has 0 aliphatic carbocycles. The van der Waals surface area contributed by atoms with Gasteiger partial charge in [-0.2, -0.15) is 0 Å². The van der Waals surface area contributed by atoms with Gasteiger partial charge in [-0.25, -0.2) is 9.59 Å². The quantitative estimate of drug-likeness (QED) is 0.0487. The van der Waals surface area contributed by atoms with Gasteiger partial charge in [-0.05, 0) is 47.5 Å². The minimum Gasteiger partial charge on any atom is -0.502 e. The molecule has 3 saturated heterocycles. The molecule has 3 heterocycles. The van der Waals surface area contributed by atoms with Crippen LogP contribution in [0, 0.1) is 0 Å². The number of hydrogen-bond acceptors (Lipinski definition) is 24. The van der Waals surface area contributed by atoms with Gasteiger partial charge in [0, 0.05) is 12.2 Å². The molecule has 3 fully saturated rings. The van der Waals surface area contributed by atoms with Gasteiger partial charge in [-0.1, -0.05) is 0 Å². The summed E-state index contributed by atoms with van der Waals surface area (Å²) in [5.74, 6) is -4.30. The minimum atomic E-state index is -2.68. The van der Waals surface area contributed by atoms with Gasteiger partial charge >= 0.3 is 11.9 Å². The molecule has 0 bridgehead atoms. The molecule has 0 saturated carbocycles. The van der Waals surface area contributed by atoms with Gasteiger partial charge in [-0.3, -0.25) is 0 Å². The Morgan fingerprint density at radius 1 is 0.631 bits per heavy atom. The summed E-state index contributed by atoms with van der Waals surface area (Å²) in [6.45, 7) is -3.88. The van der Waals surface area contributed by atoms with E-state index >= 15 is 0 Å². The van der Waals surface area contributed by atoms with Crippen LogP contribution in [0.5, 0.6) is 34.5 Å². The Bertz CT molecular complexity index is 1920. The number of aliphatic hydroxyl groups excluding tert-OH is 9. The average Bonchev–Trinajstić information content (AvgIpc) is 3.57. The van der Waals surface area contributed by atoms with E-state index in [0.29, 0.717) is 11.1 Å². The Kier molecular flexibility index (Phi) is 17.7. The van der Waals surface area contributed by atoms with Crippen LogP contribution in [0.25, 0.3) is 12.2 Å². The van der Waals surface area contributed by atoms with Gasteiger partial charge < -0.3 is 108 Å². The van der Waals surface area contributed by atoms with E-state index in [1.165, 1.54) is 72.0 Å². The number of aromatic hydroxyl groups is 1. The van der Waals surface area contributed by atoms with Crippen LogP contribution in [0.2, 0.25) is 0 Å². The highest BCUT2D eigenvalue weighted by atomic mass is 16.8. The zero-order valence-corrected chi connectivity index (χ0v) is 35.6. The molecule has 24 nitrogen and oxygen atoms in total. The van der Waals surface area contributed by atoms with Crippen LogP contribution in [0.15, 0.2) is 36.4 Å². The van der Waals surface area contributed by atoms with Crippen molar-refractivity contribution in [1.82, 2.24) is 0 Å². The highest BCUT2D eigenvalue weighted by Crippen LogP contribution is 2.41. The molecule has 0 radical (unpaired) electrons. The Labute approximate surface area is 370 Å². The van der Waals surface area contributed by atoms with Crippen LogP contribution in [0.4, 0.5) is 0 Å². The van der Waals surface area contributed by atoms with Crippen molar-refractivity contribution in [3.63, 3.8) is 0 Å². The van der Waals surface area contributed by atoms with Crippen molar-refractivity contribution in [2.45, 2.75) is 85.5 Å². The summed E-state index contributed by atoms with van der Waals surface area (Å²) in [5, 5.41) is 106. The first-order chi connectivity index (χ1) is 31.0. The van der Waals surface area contributed by atoms with Crippen molar-refractivity contribution >= 4 is 24.1 Å². The number of phenols is 1. The van der Waals surface area contributed by atoms with Gasteiger partial charge in [0.15, 0.2) is 41.7 Å². The van der Waals surface area contributed by atoms with E-state index in [-0.39, 0.29) is 34.5 Å². The van der Waals surface area contributed by atoms with Gasteiger partial charge in [0.2, 0.25) is 17.3 Å². The van der Waals surface area contributed by atoms with Gasteiger partial charge in [-0.15, -0.1) is 0 Å². The maximum atomic E-state index is 13.4. The monoisotopic (exact) mass is 930 g/mol. The Morgan fingerprint density at radius 2 is 1.15 bits per heavy atom. The third-order valence-electron chi connectivity index (χ3n) is 10.6. The Hall–Kier alpha value is -4.90. The smallest absolute Gasteiger partial charge is 0.331 e. The lowest BCUT2D eigenvalue weighted by Crippen LogP contribution is -2.66. The lowest BCUT2D eigenvalue weighted by Gasteiger charge is -2.47. The number of carbonyl (C=O) groups excluding carboxylic acids is 2. The lowest BCUT2D eigenvalue weighted by atomic mass is 9.97. The predicted molar refractivity (Wildman–Crippen MR) is 214 cm³/mol. The second kappa shape index (κ2) is 22.5. The summed E-state index contributed by atoms with van der Waals surface area (Å²) >= 11 is 0. The van der Waals surface area contributed by atoms with Crippen LogP contribution >= 0.6 is 0 Å². The maximum absolute atomic E-state index is 13.4. The molecule has 2 aromatic carbocycles. The number of hydrogen-bond donors (Lipinski definition) is 10. The molecular formula is C41H54O24. The molecule has 3 aliphatic rings. The van der Waals surface area contributed by atoms with Crippen LogP contribution in [-0.4, -0.2) is 210 Å². The van der Waals surface area contributed by atoms with Crippen molar-refractivity contribution < 1.29 is 117 Å². The number of methoxy groups -OCH3 is 5. The molecule has 362 valence electrons. The molecule has 0 amide bonds. The highest BCUT2D eigenvalue weighted by molar-refractivity contribution is 5.88. The molecule has 10 N–H and O–H groups in total. The summed E-state index contributed by atoms with van der Waals surface area (Å²) in [7, 11) is 6.76. The first kappa shape index (κ1) is 51.1. The summed E-state index contributed by atoms with van der Waals surface area (Å²) in [6.07, 6.45) is -20.4. The normalized spacial score (nSPS) is 32.6. The first-order valence-electron chi connectivity index (χ1n) is 19.7. The first-order valence-corrected chi connectivity index (χ1v) is 19.7. The number of aliphatic hydroxyl groups is 9. The zero-order valence-electron chi connectivity index (χ0n) is 35.6. The van der Waals surface area contributed by atoms with Crippen molar-refractivity contribution in [1.29, 1.82) is 0 Å². The van der Waals surface area contributed by atoms with E-state index < -0.39 is 124 Å². The molecule has 2 aromatic rings. The van der Waals surface area contributed by atoms with E-state index in [9.17, 15) is 60.7 Å². The Balaban J connectivity index is 1.43. The van der Waals surface area contributed by atoms with Gasteiger partial charge in [0.05, 0.1) is 48.8 Å². The molecule has 3 aliphatic heterocycles. The molecule has 14 atom stereocenters. The van der Waals surface area contributed by atoms with Crippen molar-refractivity contribution in [3.8, 4) is 34.5 Å². The number of ether oxygens (including phenoxy) is 12. The van der Waals surface area contributed by atoms with E-state index in [4.69, 9.17) is 56.8 Å². The van der Waals surface area contributed by atoms with Crippen LogP contribution in [-0.2, 0) is 42.7 Å². The molecule has 24 heteroatoms. The SMILES string of the molecule is COc1cc(C=CC(=O)OC[C@H]2O[C@H](O[C@]3(CO)O[C@H](CO)[C@@H](O)[C@@H]3OC(=O)C=Cc3cc(OC)c(OC)c(OC)c3)[C@H](O[C@@H]3O[C@H](CO)[C@@H](O)[C@H](O)[C@H]3O)[C@@H](O)[C@@H]2O)cc(OC)c1O.